The Kier molecular flexibility index (Phi) is 11.7. The Balaban J connectivity index is 0.000000708. The quantitative estimate of drug-likeness (QED) is 0.283. The summed E-state index contributed by atoms with van der Waals surface area (Å²) in [5.74, 6) is -3.92. The number of aromatic nitrogens is 2. The van der Waals surface area contributed by atoms with Gasteiger partial charge in [-0.2, -0.15) is 24.9 Å². The summed E-state index contributed by atoms with van der Waals surface area (Å²) in [7, 11) is 1.83. The molecule has 2 aromatic carbocycles. The van der Waals surface area contributed by atoms with Crippen molar-refractivity contribution in [2.24, 2.45) is 7.05 Å². The van der Waals surface area contributed by atoms with Crippen LogP contribution in [-0.4, -0.2) is 67.7 Å². The summed E-state index contributed by atoms with van der Waals surface area (Å²) in [5, 5.41) is 22.1. The molecule has 0 saturated heterocycles. The lowest BCUT2D eigenvalue weighted by atomic mass is 9.98. The predicted molar refractivity (Wildman–Crippen MR) is 143 cm³/mol. The molecular formula is C26H27F3N4O6S. The second kappa shape index (κ2) is 14.7. The molecule has 14 heteroatoms. The molecule has 1 aromatic heterocycles. The van der Waals surface area contributed by atoms with Gasteiger partial charge >= 0.3 is 18.1 Å². The molecular weight excluding hydrogens is 553 g/mol. The fourth-order valence-corrected chi connectivity index (χ4v) is 3.80. The smallest absolute Gasteiger partial charge is 0.480 e. The second-order valence-corrected chi connectivity index (χ2v) is 9.32. The third-order valence-corrected chi connectivity index (χ3v) is 5.83. The number of anilines is 1. The van der Waals surface area contributed by atoms with Gasteiger partial charge in [-0.15, -0.1) is 0 Å². The van der Waals surface area contributed by atoms with Crippen molar-refractivity contribution in [3.05, 3.63) is 72.3 Å². The van der Waals surface area contributed by atoms with E-state index < -0.39 is 30.1 Å². The van der Waals surface area contributed by atoms with Gasteiger partial charge in [0.25, 0.3) is 5.91 Å². The van der Waals surface area contributed by atoms with Crippen LogP contribution >= 0.6 is 11.8 Å². The largest absolute Gasteiger partial charge is 0.490 e. The number of imidazole rings is 1. The molecule has 0 unspecified atom stereocenters. The van der Waals surface area contributed by atoms with Gasteiger partial charge in [-0.3, -0.25) is 9.59 Å². The summed E-state index contributed by atoms with van der Waals surface area (Å²) in [6.07, 6.45) is 0.657. The summed E-state index contributed by atoms with van der Waals surface area (Å²) < 4.78 is 33.5. The number of amides is 2. The number of carboxylic acids is 2. The Hall–Kier alpha value is -4.33. The van der Waals surface area contributed by atoms with Gasteiger partial charge in [0.2, 0.25) is 5.91 Å². The monoisotopic (exact) mass is 580 g/mol. The minimum absolute atomic E-state index is 0.124. The van der Waals surface area contributed by atoms with Gasteiger partial charge < -0.3 is 25.4 Å². The van der Waals surface area contributed by atoms with Crippen LogP contribution in [0.3, 0.4) is 0 Å². The van der Waals surface area contributed by atoms with Crippen LogP contribution in [0.4, 0.5) is 18.9 Å². The molecule has 0 spiro atoms. The molecule has 3 rings (SSSR count). The zero-order valence-corrected chi connectivity index (χ0v) is 22.3. The molecule has 0 fully saturated rings. The first-order chi connectivity index (χ1) is 18.8. The van der Waals surface area contributed by atoms with Crippen molar-refractivity contribution in [1.29, 1.82) is 0 Å². The fraction of sp³-hybridized carbons (Fsp3) is 0.269. The number of carboxylic acid groups (broad SMARTS) is 2. The van der Waals surface area contributed by atoms with Crippen molar-refractivity contribution in [1.82, 2.24) is 14.9 Å². The third-order valence-electron chi connectivity index (χ3n) is 5.19. The highest BCUT2D eigenvalue weighted by Crippen LogP contribution is 2.27. The lowest BCUT2D eigenvalue weighted by Gasteiger charge is -2.17. The lowest BCUT2D eigenvalue weighted by Crippen LogP contribution is -2.41. The molecule has 1 atom stereocenters. The van der Waals surface area contributed by atoms with E-state index in [0.717, 1.165) is 5.56 Å². The van der Waals surface area contributed by atoms with Crippen LogP contribution in [-0.2, 0) is 27.9 Å². The van der Waals surface area contributed by atoms with Gasteiger partial charge in [-0.05, 0) is 47.8 Å². The number of nitrogens with zero attached hydrogens (tertiary/aromatic N) is 2. The number of aryl methyl sites for hydroxylation is 1. The van der Waals surface area contributed by atoms with E-state index in [9.17, 15) is 32.7 Å². The lowest BCUT2D eigenvalue weighted by molar-refractivity contribution is -0.192. The molecule has 40 heavy (non-hydrogen) atoms. The van der Waals surface area contributed by atoms with Crippen molar-refractivity contribution in [3.63, 3.8) is 0 Å². The van der Waals surface area contributed by atoms with E-state index in [4.69, 9.17) is 9.90 Å². The van der Waals surface area contributed by atoms with Crippen LogP contribution in [0.1, 0.15) is 22.5 Å². The van der Waals surface area contributed by atoms with Gasteiger partial charge in [-0.25, -0.2) is 14.6 Å². The molecule has 1 heterocycles. The Morgan fingerprint density at radius 3 is 2.25 bits per heavy atom. The Morgan fingerprint density at radius 2 is 1.73 bits per heavy atom. The molecule has 0 bridgehead atoms. The van der Waals surface area contributed by atoms with Crippen LogP contribution in [0.5, 0.6) is 0 Å². The number of alkyl halides is 3. The van der Waals surface area contributed by atoms with Crippen molar-refractivity contribution in [2.45, 2.75) is 25.1 Å². The topological polar surface area (TPSA) is 151 Å². The minimum atomic E-state index is -5.08. The van der Waals surface area contributed by atoms with Crippen molar-refractivity contribution < 1.29 is 42.6 Å². The van der Waals surface area contributed by atoms with E-state index in [-0.39, 0.29) is 12.3 Å². The van der Waals surface area contributed by atoms with E-state index in [2.05, 4.69) is 15.6 Å². The molecule has 214 valence electrons. The maximum atomic E-state index is 13.0. The number of benzene rings is 2. The first kappa shape index (κ1) is 31.9. The van der Waals surface area contributed by atoms with Gasteiger partial charge in [0, 0.05) is 24.5 Å². The van der Waals surface area contributed by atoms with E-state index in [0.29, 0.717) is 34.7 Å². The average molecular weight is 581 g/mol. The fourth-order valence-electron chi connectivity index (χ4n) is 3.33. The number of rotatable bonds is 10. The minimum Gasteiger partial charge on any atom is -0.480 e. The van der Waals surface area contributed by atoms with E-state index in [1.54, 1.807) is 35.3 Å². The Morgan fingerprint density at radius 1 is 1.07 bits per heavy atom. The number of carbonyl (C=O) groups is 4. The average Bonchev–Trinajstić information content (AvgIpc) is 3.30. The number of aliphatic carboxylic acids is 2. The SMILES string of the molecule is CSCC[C@H](NC(=O)c1ccc(NC(=O)Cc2cn(C)cn2)cc1-c1ccccc1)C(=O)O.O=C(O)C(F)(F)F. The van der Waals surface area contributed by atoms with Gasteiger partial charge in [0.05, 0.1) is 18.4 Å². The highest BCUT2D eigenvalue weighted by atomic mass is 32.2. The molecule has 2 amide bonds. The zero-order valence-electron chi connectivity index (χ0n) is 21.4. The van der Waals surface area contributed by atoms with Crippen LogP contribution in [0.15, 0.2) is 61.1 Å². The maximum absolute atomic E-state index is 13.0. The van der Waals surface area contributed by atoms with Crippen molar-refractivity contribution in [3.8, 4) is 11.1 Å². The number of thioether (sulfide) groups is 1. The molecule has 4 N–H and O–H groups in total. The van der Waals surface area contributed by atoms with Crippen LogP contribution in [0, 0.1) is 0 Å². The number of nitrogens with one attached hydrogen (secondary N) is 2. The van der Waals surface area contributed by atoms with Crippen molar-refractivity contribution in [2.75, 3.05) is 17.3 Å². The first-order valence-electron chi connectivity index (χ1n) is 11.6. The van der Waals surface area contributed by atoms with Gasteiger partial charge in [0.15, 0.2) is 0 Å². The Bertz CT molecular complexity index is 1330. The number of carbonyl (C=O) groups excluding carboxylic acids is 2. The van der Waals surface area contributed by atoms with E-state index >= 15 is 0 Å². The molecule has 0 saturated carbocycles. The summed E-state index contributed by atoms with van der Waals surface area (Å²) in [6, 6.07) is 13.2. The molecule has 10 nitrogen and oxygen atoms in total. The highest BCUT2D eigenvalue weighted by Gasteiger charge is 2.38. The van der Waals surface area contributed by atoms with Crippen LogP contribution in [0.25, 0.3) is 11.1 Å². The van der Waals surface area contributed by atoms with Crippen molar-refractivity contribution >= 4 is 41.2 Å². The molecule has 0 aliphatic heterocycles. The Labute approximate surface area is 231 Å². The van der Waals surface area contributed by atoms with Crippen LogP contribution < -0.4 is 10.6 Å². The molecule has 3 aromatic rings. The maximum Gasteiger partial charge on any atom is 0.490 e. The van der Waals surface area contributed by atoms with E-state index in [1.165, 1.54) is 11.8 Å². The second-order valence-electron chi connectivity index (χ2n) is 8.33. The van der Waals surface area contributed by atoms with Gasteiger partial charge in [0.1, 0.15) is 6.04 Å². The standard InChI is InChI=1S/C24H26N4O4S.C2HF3O2/c1-28-14-18(25-15-28)13-22(29)26-17-8-9-19(20(12-17)16-6-4-3-5-7-16)23(30)27-21(24(31)32)10-11-33-2;3-2(4,5)1(6)7/h3-9,12,14-15,21H,10-11,13H2,1-2H3,(H,26,29)(H,27,30)(H,31,32);(H,6,7)/t21-;/m0./s1. The summed E-state index contributed by atoms with van der Waals surface area (Å²) in [6.45, 7) is 0. The van der Waals surface area contributed by atoms with Gasteiger partial charge in [-0.1, -0.05) is 30.3 Å². The molecule has 0 aliphatic carbocycles. The molecule has 0 radical (unpaired) electrons. The normalized spacial score (nSPS) is 11.5. The van der Waals surface area contributed by atoms with E-state index in [1.807, 2.05) is 43.6 Å². The predicted octanol–water partition coefficient (Wildman–Crippen LogP) is 3.84. The first-order valence-corrected chi connectivity index (χ1v) is 13.0. The van der Waals surface area contributed by atoms with Crippen LogP contribution in [0.2, 0.25) is 0 Å². The summed E-state index contributed by atoms with van der Waals surface area (Å²) in [4.78, 5) is 50.1. The number of hydrogen-bond donors (Lipinski definition) is 4. The highest BCUT2D eigenvalue weighted by molar-refractivity contribution is 7.98. The summed E-state index contributed by atoms with van der Waals surface area (Å²) >= 11 is 1.52. The number of hydrogen-bond acceptors (Lipinski definition) is 6. The molecule has 0 aliphatic rings. The summed E-state index contributed by atoms with van der Waals surface area (Å²) in [5.41, 5.74) is 2.89. The zero-order chi connectivity index (χ0) is 29.9. The third kappa shape index (κ3) is 10.1. The number of halogens is 3.